The summed E-state index contributed by atoms with van der Waals surface area (Å²) < 4.78 is 5.40. The Kier molecular flexibility index (Phi) is 4.50. The molecule has 0 aliphatic heterocycles. The largest absolute Gasteiger partial charge is 0.480 e. The van der Waals surface area contributed by atoms with Crippen molar-refractivity contribution in [1.82, 2.24) is 0 Å². The average Bonchev–Trinajstić information content (AvgIpc) is 2.47. The van der Waals surface area contributed by atoms with Crippen molar-refractivity contribution >= 4 is 9.47 Å². The van der Waals surface area contributed by atoms with Crippen LogP contribution in [-0.2, 0) is 5.41 Å². The van der Waals surface area contributed by atoms with E-state index in [9.17, 15) is 0 Å². The van der Waals surface area contributed by atoms with Crippen LogP contribution in [0.15, 0.2) is 48.5 Å². The van der Waals surface area contributed by atoms with Gasteiger partial charge in [-0.25, -0.2) is 0 Å². The molecule has 0 saturated carbocycles. The van der Waals surface area contributed by atoms with Crippen molar-refractivity contribution in [3.63, 3.8) is 0 Å². The van der Waals surface area contributed by atoms with E-state index >= 15 is 0 Å². The predicted octanol–water partition coefficient (Wildman–Crippen LogP) is 5.30. The van der Waals surface area contributed by atoms with Gasteiger partial charge in [0.1, 0.15) is 5.75 Å². The number of hydrogen-bond acceptors (Lipinski definition) is 1. The highest BCUT2D eigenvalue weighted by atomic mass is 31.0. The molecule has 2 heteroatoms. The quantitative estimate of drug-likeness (QED) is 0.692. The van der Waals surface area contributed by atoms with Crippen molar-refractivity contribution in [2.45, 2.75) is 39.0 Å². The maximum Gasteiger partial charge on any atom is 0.125 e. The molecule has 0 saturated heterocycles. The van der Waals surface area contributed by atoms with Gasteiger partial charge in [-0.15, -0.1) is 0 Å². The molecule has 2 aromatic rings. The van der Waals surface area contributed by atoms with Crippen LogP contribution < -0.4 is 4.52 Å². The molecule has 0 N–H and O–H groups in total. The van der Waals surface area contributed by atoms with E-state index in [4.69, 9.17) is 4.52 Å². The van der Waals surface area contributed by atoms with Gasteiger partial charge in [0.2, 0.25) is 0 Å². The van der Waals surface area contributed by atoms with Crippen LogP contribution in [0.1, 0.15) is 50.3 Å². The maximum absolute atomic E-state index is 5.40. The Bertz CT molecular complexity index is 573. The Morgan fingerprint density at radius 3 is 2.15 bits per heavy atom. The van der Waals surface area contributed by atoms with Crippen LogP contribution in [0.3, 0.4) is 0 Å². The summed E-state index contributed by atoms with van der Waals surface area (Å²) in [6, 6.07) is 17.1. The Hall–Kier alpha value is -1.33. The Morgan fingerprint density at radius 2 is 1.60 bits per heavy atom. The number of rotatable bonds is 4. The predicted molar refractivity (Wildman–Crippen MR) is 89.4 cm³/mol. The van der Waals surface area contributed by atoms with Crippen molar-refractivity contribution in [3.05, 3.63) is 65.2 Å². The molecule has 0 spiro atoms. The molecule has 20 heavy (non-hydrogen) atoms. The summed E-state index contributed by atoms with van der Waals surface area (Å²) in [6.45, 7) is 8.93. The fourth-order valence-corrected chi connectivity index (χ4v) is 2.73. The molecule has 0 heterocycles. The third-order valence-electron chi connectivity index (χ3n) is 3.98. The molecule has 0 bridgehead atoms. The molecular formula is C18H23OP. The lowest BCUT2D eigenvalue weighted by atomic mass is 9.77. The second-order valence-corrected chi connectivity index (χ2v) is 6.25. The Morgan fingerprint density at radius 1 is 0.950 bits per heavy atom. The van der Waals surface area contributed by atoms with Gasteiger partial charge >= 0.3 is 0 Å². The molecular weight excluding hydrogens is 263 g/mol. The van der Waals surface area contributed by atoms with Gasteiger partial charge in [-0.2, -0.15) is 0 Å². The molecule has 2 aromatic carbocycles. The van der Waals surface area contributed by atoms with Gasteiger partial charge in [-0.3, -0.25) is 0 Å². The fraction of sp³-hybridized carbons (Fsp3) is 0.333. The molecule has 106 valence electrons. The van der Waals surface area contributed by atoms with Crippen LogP contribution >= 0.6 is 9.47 Å². The zero-order valence-corrected chi connectivity index (χ0v) is 13.8. The minimum atomic E-state index is -0.00961. The maximum atomic E-state index is 5.40. The zero-order chi connectivity index (χ0) is 14.8. The zero-order valence-electron chi connectivity index (χ0n) is 12.7. The molecule has 0 fully saturated rings. The molecule has 0 aliphatic carbocycles. The van der Waals surface area contributed by atoms with Crippen LogP contribution in [0, 0.1) is 0 Å². The molecule has 0 radical (unpaired) electrons. The molecule has 2 rings (SSSR count). The van der Waals surface area contributed by atoms with Gasteiger partial charge in [-0.05, 0) is 28.7 Å². The monoisotopic (exact) mass is 286 g/mol. The average molecular weight is 286 g/mol. The topological polar surface area (TPSA) is 9.23 Å². The molecule has 1 unspecified atom stereocenters. The summed E-state index contributed by atoms with van der Waals surface area (Å²) in [7, 11) is 2.34. The summed E-state index contributed by atoms with van der Waals surface area (Å²) in [5.41, 5.74) is 3.89. The summed E-state index contributed by atoms with van der Waals surface area (Å²) >= 11 is 0. The third kappa shape index (κ3) is 2.88. The van der Waals surface area contributed by atoms with Crippen LogP contribution in [0.2, 0.25) is 0 Å². The van der Waals surface area contributed by atoms with Gasteiger partial charge in [0.05, 0.1) is 9.47 Å². The molecule has 1 nitrogen and oxygen atoms in total. The van der Waals surface area contributed by atoms with E-state index in [1.54, 1.807) is 0 Å². The summed E-state index contributed by atoms with van der Waals surface area (Å²) in [5, 5.41) is 0. The second kappa shape index (κ2) is 5.97. The van der Waals surface area contributed by atoms with Crippen molar-refractivity contribution in [3.8, 4) is 5.75 Å². The highest BCUT2D eigenvalue weighted by Gasteiger charge is 2.24. The summed E-state index contributed by atoms with van der Waals surface area (Å²) in [5.74, 6) is 1.38. The van der Waals surface area contributed by atoms with Crippen molar-refractivity contribution in [2.24, 2.45) is 0 Å². The first-order valence-corrected chi connectivity index (χ1v) is 7.50. The fourth-order valence-electron chi connectivity index (χ4n) is 2.52. The Balaban J connectivity index is 2.50. The summed E-state index contributed by atoms with van der Waals surface area (Å²) in [4.78, 5) is 0. The molecule has 1 atom stereocenters. The van der Waals surface area contributed by atoms with Crippen LogP contribution in [0.5, 0.6) is 5.75 Å². The van der Waals surface area contributed by atoms with E-state index in [0.29, 0.717) is 5.92 Å². The molecule has 0 aliphatic rings. The van der Waals surface area contributed by atoms with Crippen LogP contribution in [0.25, 0.3) is 0 Å². The highest BCUT2D eigenvalue weighted by Crippen LogP contribution is 2.36. The first-order chi connectivity index (χ1) is 9.46. The minimum absolute atomic E-state index is 0.00961. The van der Waals surface area contributed by atoms with E-state index < -0.39 is 0 Å². The van der Waals surface area contributed by atoms with E-state index in [1.807, 2.05) is 0 Å². The second-order valence-electron chi connectivity index (χ2n) is 6.02. The first kappa shape index (κ1) is 15.1. The van der Waals surface area contributed by atoms with E-state index in [1.165, 1.54) is 16.7 Å². The smallest absolute Gasteiger partial charge is 0.125 e. The molecule has 0 amide bonds. The van der Waals surface area contributed by atoms with Gasteiger partial charge in [-0.1, -0.05) is 70.2 Å². The number of hydrogen-bond donors (Lipinski definition) is 0. The lowest BCUT2D eigenvalue weighted by Gasteiger charge is -2.27. The van der Waals surface area contributed by atoms with Crippen molar-refractivity contribution in [2.75, 3.05) is 0 Å². The lowest BCUT2D eigenvalue weighted by molar-refractivity contribution is 0.610. The molecule has 0 aromatic heterocycles. The van der Waals surface area contributed by atoms with Gasteiger partial charge in [0, 0.05) is 5.41 Å². The SMILES string of the molecule is CC(C)c1cc(C(C)(C)c2ccccc2)ccc1OP. The van der Waals surface area contributed by atoms with Crippen LogP contribution in [0.4, 0.5) is 0 Å². The van der Waals surface area contributed by atoms with E-state index in [2.05, 4.69) is 85.7 Å². The van der Waals surface area contributed by atoms with Crippen molar-refractivity contribution < 1.29 is 4.52 Å². The summed E-state index contributed by atoms with van der Waals surface area (Å²) in [6.07, 6.45) is 0. The van der Waals surface area contributed by atoms with Gasteiger partial charge in [0.15, 0.2) is 0 Å². The van der Waals surface area contributed by atoms with Crippen molar-refractivity contribution in [1.29, 1.82) is 0 Å². The Labute approximate surface area is 124 Å². The van der Waals surface area contributed by atoms with Gasteiger partial charge < -0.3 is 4.52 Å². The van der Waals surface area contributed by atoms with Gasteiger partial charge in [0.25, 0.3) is 0 Å². The number of benzene rings is 2. The van der Waals surface area contributed by atoms with E-state index in [0.717, 1.165) is 5.75 Å². The lowest BCUT2D eigenvalue weighted by Crippen LogP contribution is -2.19. The normalized spacial score (nSPS) is 11.7. The standard InChI is InChI=1S/C18H23OP/c1-13(2)16-12-15(10-11-17(16)19-20)18(3,4)14-8-6-5-7-9-14/h5-13H,20H2,1-4H3. The van der Waals surface area contributed by atoms with Crippen LogP contribution in [-0.4, -0.2) is 0 Å². The third-order valence-corrected chi connectivity index (χ3v) is 4.23. The first-order valence-electron chi connectivity index (χ1n) is 7.03. The minimum Gasteiger partial charge on any atom is -0.480 e. The van der Waals surface area contributed by atoms with E-state index in [-0.39, 0.29) is 5.41 Å². The highest BCUT2D eigenvalue weighted by molar-refractivity contribution is 7.10.